The molecule has 1 aromatic carbocycles. The SMILES string of the molecule is CC(C)Cn1nc2n(c1=O)CCN(C(=O)CCn1cccn1)C2c1ccccc1. The van der Waals surface area contributed by atoms with E-state index in [-0.39, 0.29) is 17.6 Å². The highest BCUT2D eigenvalue weighted by Crippen LogP contribution is 2.30. The molecule has 0 saturated heterocycles. The Hall–Kier alpha value is -3.16. The fourth-order valence-electron chi connectivity index (χ4n) is 3.83. The smallest absolute Gasteiger partial charge is 0.326 e. The van der Waals surface area contributed by atoms with Crippen LogP contribution in [0.3, 0.4) is 0 Å². The van der Waals surface area contributed by atoms with Gasteiger partial charge in [-0.15, -0.1) is 0 Å². The minimum atomic E-state index is -0.365. The molecule has 4 rings (SSSR count). The number of hydrogen-bond acceptors (Lipinski definition) is 4. The van der Waals surface area contributed by atoms with Crippen LogP contribution in [0.2, 0.25) is 0 Å². The number of amides is 1. The second kappa shape index (κ2) is 8.06. The van der Waals surface area contributed by atoms with Crippen LogP contribution in [0.25, 0.3) is 0 Å². The molecule has 3 aromatic rings. The van der Waals surface area contributed by atoms with Gasteiger partial charge in [-0.2, -0.15) is 10.2 Å². The molecule has 0 spiro atoms. The molecule has 0 radical (unpaired) electrons. The van der Waals surface area contributed by atoms with Crippen molar-refractivity contribution in [1.82, 2.24) is 29.0 Å². The van der Waals surface area contributed by atoms with Crippen molar-refractivity contribution in [2.45, 2.75) is 45.9 Å². The molecule has 1 unspecified atom stereocenters. The zero-order chi connectivity index (χ0) is 20.4. The summed E-state index contributed by atoms with van der Waals surface area (Å²) in [4.78, 5) is 27.8. The van der Waals surface area contributed by atoms with Crippen molar-refractivity contribution in [3.63, 3.8) is 0 Å². The van der Waals surface area contributed by atoms with Crippen LogP contribution < -0.4 is 5.69 Å². The minimum absolute atomic E-state index is 0.0338. The number of fused-ring (bicyclic) bond motifs is 1. The third-order valence-electron chi connectivity index (χ3n) is 5.16. The topological polar surface area (TPSA) is 78.0 Å². The van der Waals surface area contributed by atoms with Crippen molar-refractivity contribution >= 4 is 5.91 Å². The van der Waals surface area contributed by atoms with Gasteiger partial charge in [-0.1, -0.05) is 44.2 Å². The summed E-state index contributed by atoms with van der Waals surface area (Å²) in [6.07, 6.45) is 3.91. The van der Waals surface area contributed by atoms with Gasteiger partial charge in [-0.05, 0) is 17.5 Å². The van der Waals surface area contributed by atoms with E-state index >= 15 is 0 Å². The van der Waals surface area contributed by atoms with Crippen LogP contribution in [0.1, 0.15) is 37.7 Å². The largest absolute Gasteiger partial charge is 0.346 e. The maximum absolute atomic E-state index is 13.1. The molecule has 3 heterocycles. The zero-order valence-corrected chi connectivity index (χ0v) is 16.8. The lowest BCUT2D eigenvalue weighted by Crippen LogP contribution is -2.45. The number of aryl methyl sites for hydroxylation is 1. The number of nitrogens with zero attached hydrogens (tertiary/aromatic N) is 6. The first kappa shape index (κ1) is 19.2. The maximum atomic E-state index is 13.1. The molecule has 0 saturated carbocycles. The number of carbonyl (C=O) groups excluding carboxylic acids is 1. The summed E-state index contributed by atoms with van der Waals surface area (Å²) in [6.45, 7) is 6.15. The van der Waals surface area contributed by atoms with Crippen LogP contribution >= 0.6 is 0 Å². The fourth-order valence-corrected chi connectivity index (χ4v) is 3.83. The van der Waals surface area contributed by atoms with Crippen LogP contribution in [0.4, 0.5) is 0 Å². The standard InChI is InChI=1S/C21H26N6O2/c1-16(2)15-27-21(29)26-14-13-25(18(28)9-12-24-11-6-10-22-24)19(20(26)23-27)17-7-4-3-5-8-17/h3-8,10-11,16,19H,9,12-15H2,1-2H3. The van der Waals surface area contributed by atoms with Gasteiger partial charge < -0.3 is 4.90 Å². The lowest BCUT2D eigenvalue weighted by Gasteiger charge is -2.35. The molecule has 8 nitrogen and oxygen atoms in total. The predicted octanol–water partition coefficient (Wildman–Crippen LogP) is 1.92. The van der Waals surface area contributed by atoms with Crippen molar-refractivity contribution in [1.29, 1.82) is 0 Å². The molecular weight excluding hydrogens is 368 g/mol. The van der Waals surface area contributed by atoms with E-state index in [9.17, 15) is 9.59 Å². The van der Waals surface area contributed by atoms with Gasteiger partial charge in [0.05, 0.1) is 0 Å². The molecule has 0 N–H and O–H groups in total. The average molecular weight is 394 g/mol. The second-order valence-corrected chi connectivity index (χ2v) is 7.79. The summed E-state index contributed by atoms with van der Waals surface area (Å²) >= 11 is 0. The lowest BCUT2D eigenvalue weighted by molar-refractivity contribution is -0.134. The quantitative estimate of drug-likeness (QED) is 0.640. The van der Waals surface area contributed by atoms with Gasteiger partial charge in [-0.3, -0.25) is 14.0 Å². The Morgan fingerprint density at radius 2 is 1.97 bits per heavy atom. The summed E-state index contributed by atoms with van der Waals surface area (Å²) in [6, 6.07) is 11.3. The molecule has 2 aromatic heterocycles. The number of aromatic nitrogens is 5. The summed E-state index contributed by atoms with van der Waals surface area (Å²) < 4.78 is 5.01. The normalized spacial score (nSPS) is 16.2. The molecule has 0 fully saturated rings. The molecule has 29 heavy (non-hydrogen) atoms. The van der Waals surface area contributed by atoms with Gasteiger partial charge in [0.2, 0.25) is 5.91 Å². The molecule has 8 heteroatoms. The van der Waals surface area contributed by atoms with Crippen LogP contribution in [-0.4, -0.2) is 41.5 Å². The van der Waals surface area contributed by atoms with Gasteiger partial charge >= 0.3 is 5.69 Å². The number of rotatable bonds is 6. The number of benzene rings is 1. The summed E-state index contributed by atoms with van der Waals surface area (Å²) in [7, 11) is 0. The first-order valence-electron chi connectivity index (χ1n) is 10.0. The fraction of sp³-hybridized carbons (Fsp3) is 0.429. The Morgan fingerprint density at radius 3 is 2.66 bits per heavy atom. The maximum Gasteiger partial charge on any atom is 0.346 e. The third kappa shape index (κ3) is 3.87. The first-order chi connectivity index (χ1) is 14.0. The van der Waals surface area contributed by atoms with E-state index in [1.54, 1.807) is 15.4 Å². The van der Waals surface area contributed by atoms with Crippen molar-refractivity contribution in [3.05, 3.63) is 70.7 Å². The Morgan fingerprint density at radius 1 is 1.17 bits per heavy atom. The van der Waals surface area contributed by atoms with Crippen molar-refractivity contribution < 1.29 is 4.79 Å². The van der Waals surface area contributed by atoms with Crippen molar-refractivity contribution in [2.75, 3.05) is 6.54 Å². The van der Waals surface area contributed by atoms with E-state index in [4.69, 9.17) is 0 Å². The van der Waals surface area contributed by atoms with Crippen LogP contribution in [-0.2, 0) is 24.4 Å². The van der Waals surface area contributed by atoms with Crippen molar-refractivity contribution in [3.8, 4) is 0 Å². The number of hydrogen-bond donors (Lipinski definition) is 0. The molecular formula is C21H26N6O2. The van der Waals surface area contributed by atoms with E-state index < -0.39 is 0 Å². The Kier molecular flexibility index (Phi) is 5.33. The van der Waals surface area contributed by atoms with Gasteiger partial charge in [0.1, 0.15) is 6.04 Å². The Balaban J connectivity index is 1.67. The van der Waals surface area contributed by atoms with Gasteiger partial charge in [0, 0.05) is 45.0 Å². The van der Waals surface area contributed by atoms with Gasteiger partial charge in [0.15, 0.2) is 5.82 Å². The van der Waals surface area contributed by atoms with E-state index in [0.29, 0.717) is 44.3 Å². The van der Waals surface area contributed by atoms with E-state index in [1.165, 1.54) is 4.68 Å². The van der Waals surface area contributed by atoms with Crippen LogP contribution in [0.5, 0.6) is 0 Å². The Bertz CT molecular complexity index is 1020. The molecule has 152 valence electrons. The highest BCUT2D eigenvalue weighted by molar-refractivity contribution is 5.77. The minimum Gasteiger partial charge on any atom is -0.326 e. The highest BCUT2D eigenvalue weighted by Gasteiger charge is 2.35. The summed E-state index contributed by atoms with van der Waals surface area (Å²) in [5, 5.41) is 8.82. The van der Waals surface area contributed by atoms with Crippen molar-refractivity contribution in [2.24, 2.45) is 5.92 Å². The first-order valence-corrected chi connectivity index (χ1v) is 10.0. The van der Waals surface area contributed by atoms with Crippen LogP contribution in [0, 0.1) is 5.92 Å². The lowest BCUT2D eigenvalue weighted by atomic mass is 10.0. The zero-order valence-electron chi connectivity index (χ0n) is 16.8. The molecule has 0 aliphatic carbocycles. The predicted molar refractivity (Wildman–Crippen MR) is 108 cm³/mol. The van der Waals surface area contributed by atoms with Gasteiger partial charge in [0.25, 0.3) is 0 Å². The molecule has 1 atom stereocenters. The van der Waals surface area contributed by atoms with E-state index in [2.05, 4.69) is 24.0 Å². The molecule has 1 aliphatic rings. The summed E-state index contributed by atoms with van der Waals surface area (Å²) in [5.41, 5.74) is 0.862. The van der Waals surface area contributed by atoms with E-state index in [1.807, 2.05) is 47.5 Å². The van der Waals surface area contributed by atoms with E-state index in [0.717, 1.165) is 5.56 Å². The second-order valence-electron chi connectivity index (χ2n) is 7.79. The average Bonchev–Trinajstić information content (AvgIpc) is 3.34. The molecule has 1 amide bonds. The highest BCUT2D eigenvalue weighted by atomic mass is 16.2. The molecule has 1 aliphatic heterocycles. The monoisotopic (exact) mass is 394 g/mol. The third-order valence-corrected chi connectivity index (χ3v) is 5.16. The van der Waals surface area contributed by atoms with Crippen LogP contribution in [0.15, 0.2) is 53.6 Å². The van der Waals surface area contributed by atoms with Gasteiger partial charge in [-0.25, -0.2) is 9.48 Å². The number of carbonyl (C=O) groups is 1. The Labute approximate surface area is 169 Å². The summed E-state index contributed by atoms with van der Waals surface area (Å²) in [5.74, 6) is 0.985. The molecule has 0 bridgehead atoms.